The molecule has 2 rings (SSSR count). The van der Waals surface area contributed by atoms with Gasteiger partial charge in [-0.2, -0.15) is 0 Å². The lowest BCUT2D eigenvalue weighted by atomic mass is 10.1. The van der Waals surface area contributed by atoms with Gasteiger partial charge < -0.3 is 5.32 Å². The second kappa shape index (κ2) is 6.37. The molecule has 1 aromatic rings. The Labute approximate surface area is 121 Å². The van der Waals surface area contributed by atoms with E-state index in [1.807, 2.05) is 4.90 Å². The van der Waals surface area contributed by atoms with E-state index >= 15 is 0 Å². The molecule has 0 saturated carbocycles. The van der Waals surface area contributed by atoms with Gasteiger partial charge >= 0.3 is 0 Å². The van der Waals surface area contributed by atoms with E-state index in [2.05, 4.69) is 5.32 Å². The van der Waals surface area contributed by atoms with Gasteiger partial charge in [-0.15, -0.1) is 0 Å². The number of ketones is 1. The number of carbonyl (C=O) groups excluding carboxylic acids is 2. The number of nitrogens with one attached hydrogen (secondary N) is 1. The summed E-state index contributed by atoms with van der Waals surface area (Å²) in [5.74, 6) is -0.176. The molecule has 1 aromatic carbocycles. The van der Waals surface area contributed by atoms with Gasteiger partial charge in [0.2, 0.25) is 5.91 Å². The molecule has 1 N–H and O–H groups in total. The Bertz CT molecular complexity index is 505. The van der Waals surface area contributed by atoms with Gasteiger partial charge in [0.15, 0.2) is 5.78 Å². The monoisotopic (exact) mass is 300 g/mol. The lowest BCUT2D eigenvalue weighted by Crippen LogP contribution is -2.36. The first-order chi connectivity index (χ1) is 9.06. The molecule has 0 atom stereocenters. The normalized spacial score (nSPS) is 16.8. The quantitative estimate of drug-likeness (QED) is 0.869. The van der Waals surface area contributed by atoms with Crippen LogP contribution in [0, 0.1) is 0 Å². The standard InChI is InChI=1S/C13H14Cl2N2O2/c14-9-2-3-11(15)10(6-9)12(18)7-17-5-1-4-16-13(19)8-17/h2-3,6H,1,4-5,7-8H2,(H,16,19). The maximum Gasteiger partial charge on any atom is 0.234 e. The minimum Gasteiger partial charge on any atom is -0.355 e. The predicted molar refractivity (Wildman–Crippen MR) is 74.9 cm³/mol. The summed E-state index contributed by atoms with van der Waals surface area (Å²) in [4.78, 5) is 25.4. The average Bonchev–Trinajstić information content (AvgIpc) is 2.56. The van der Waals surface area contributed by atoms with Crippen LogP contribution in [0.2, 0.25) is 10.0 Å². The Balaban J connectivity index is 2.07. The average molecular weight is 301 g/mol. The largest absolute Gasteiger partial charge is 0.355 e. The van der Waals surface area contributed by atoms with Crippen LogP contribution in [0.5, 0.6) is 0 Å². The number of carbonyl (C=O) groups is 2. The molecule has 1 amide bonds. The minimum absolute atomic E-state index is 0.0532. The molecule has 0 unspecified atom stereocenters. The summed E-state index contributed by atoms with van der Waals surface area (Å²) in [5.41, 5.74) is 0.402. The van der Waals surface area contributed by atoms with E-state index in [0.717, 1.165) is 6.42 Å². The first kappa shape index (κ1) is 14.3. The van der Waals surface area contributed by atoms with Crippen LogP contribution in [0.3, 0.4) is 0 Å². The smallest absolute Gasteiger partial charge is 0.234 e. The third-order valence-electron chi connectivity index (χ3n) is 2.94. The molecule has 0 bridgehead atoms. The van der Waals surface area contributed by atoms with Crippen molar-refractivity contribution in [2.24, 2.45) is 0 Å². The van der Waals surface area contributed by atoms with Crippen molar-refractivity contribution in [2.45, 2.75) is 6.42 Å². The zero-order chi connectivity index (χ0) is 13.8. The molecule has 1 aliphatic rings. The fraction of sp³-hybridized carbons (Fsp3) is 0.385. The molecular weight excluding hydrogens is 287 g/mol. The maximum atomic E-state index is 12.2. The molecule has 0 aliphatic carbocycles. The van der Waals surface area contributed by atoms with Gasteiger partial charge in [-0.3, -0.25) is 14.5 Å². The van der Waals surface area contributed by atoms with Gasteiger partial charge in [0.05, 0.1) is 18.1 Å². The summed E-state index contributed by atoms with van der Waals surface area (Å²) < 4.78 is 0. The van der Waals surface area contributed by atoms with Gasteiger partial charge in [-0.25, -0.2) is 0 Å². The Morgan fingerprint density at radius 1 is 1.37 bits per heavy atom. The summed E-state index contributed by atoms with van der Waals surface area (Å²) in [5, 5.41) is 3.63. The molecule has 1 saturated heterocycles. The molecule has 6 heteroatoms. The van der Waals surface area contributed by atoms with E-state index < -0.39 is 0 Å². The number of benzene rings is 1. The van der Waals surface area contributed by atoms with Crippen molar-refractivity contribution in [1.82, 2.24) is 10.2 Å². The maximum absolute atomic E-state index is 12.2. The highest BCUT2D eigenvalue weighted by Gasteiger charge is 2.19. The van der Waals surface area contributed by atoms with Crippen LogP contribution in [0.15, 0.2) is 18.2 Å². The van der Waals surface area contributed by atoms with Gasteiger partial charge in [-0.05, 0) is 24.6 Å². The fourth-order valence-electron chi connectivity index (χ4n) is 2.00. The van der Waals surface area contributed by atoms with Gasteiger partial charge in [0.25, 0.3) is 0 Å². The minimum atomic E-state index is -0.123. The van der Waals surface area contributed by atoms with E-state index in [1.54, 1.807) is 18.2 Å². The van der Waals surface area contributed by atoms with E-state index in [0.29, 0.717) is 28.7 Å². The van der Waals surface area contributed by atoms with Crippen LogP contribution >= 0.6 is 23.2 Å². The first-order valence-corrected chi connectivity index (χ1v) is 6.79. The fourth-order valence-corrected chi connectivity index (χ4v) is 2.40. The molecule has 1 aliphatic heterocycles. The number of Topliss-reactive ketones (excluding diaryl/α,β-unsaturated/α-hetero) is 1. The second-order valence-electron chi connectivity index (χ2n) is 4.46. The van der Waals surface area contributed by atoms with Crippen LogP contribution in [-0.2, 0) is 4.79 Å². The molecular formula is C13H14Cl2N2O2. The van der Waals surface area contributed by atoms with E-state index in [-0.39, 0.29) is 24.8 Å². The lowest BCUT2D eigenvalue weighted by molar-refractivity contribution is -0.121. The molecule has 0 aromatic heterocycles. The van der Waals surface area contributed by atoms with Crippen LogP contribution < -0.4 is 5.32 Å². The van der Waals surface area contributed by atoms with Crippen LogP contribution in [0.1, 0.15) is 16.8 Å². The molecule has 0 radical (unpaired) electrons. The van der Waals surface area contributed by atoms with Gasteiger partial charge in [0.1, 0.15) is 0 Å². The SMILES string of the molecule is O=C1CN(CC(=O)c2cc(Cl)ccc2Cl)CCCN1. The second-order valence-corrected chi connectivity index (χ2v) is 5.31. The number of hydrogen-bond acceptors (Lipinski definition) is 3. The van der Waals surface area contributed by atoms with Crippen molar-refractivity contribution < 1.29 is 9.59 Å². The molecule has 1 fully saturated rings. The molecule has 0 spiro atoms. The molecule has 1 heterocycles. The Hall–Kier alpha value is -1.10. The molecule has 4 nitrogen and oxygen atoms in total. The van der Waals surface area contributed by atoms with Crippen molar-refractivity contribution in [3.63, 3.8) is 0 Å². The van der Waals surface area contributed by atoms with Crippen molar-refractivity contribution in [1.29, 1.82) is 0 Å². The van der Waals surface area contributed by atoms with Gasteiger partial charge in [-0.1, -0.05) is 23.2 Å². The Morgan fingerprint density at radius 2 is 2.16 bits per heavy atom. The van der Waals surface area contributed by atoms with Crippen LogP contribution in [-0.4, -0.2) is 42.8 Å². The van der Waals surface area contributed by atoms with E-state index in [4.69, 9.17) is 23.2 Å². The number of nitrogens with zero attached hydrogens (tertiary/aromatic N) is 1. The highest BCUT2D eigenvalue weighted by Crippen LogP contribution is 2.21. The predicted octanol–water partition coefficient (Wildman–Crippen LogP) is 2.00. The highest BCUT2D eigenvalue weighted by atomic mass is 35.5. The van der Waals surface area contributed by atoms with Crippen LogP contribution in [0.4, 0.5) is 0 Å². The zero-order valence-corrected chi connectivity index (χ0v) is 11.8. The molecule has 102 valence electrons. The van der Waals surface area contributed by atoms with Crippen LogP contribution in [0.25, 0.3) is 0 Å². The summed E-state index contributed by atoms with van der Waals surface area (Å²) in [6.07, 6.45) is 0.836. The lowest BCUT2D eigenvalue weighted by Gasteiger charge is -2.17. The van der Waals surface area contributed by atoms with E-state index in [1.165, 1.54) is 0 Å². The van der Waals surface area contributed by atoms with Crippen molar-refractivity contribution in [2.75, 3.05) is 26.2 Å². The Kier molecular flexibility index (Phi) is 4.80. The molecule has 19 heavy (non-hydrogen) atoms. The summed E-state index contributed by atoms with van der Waals surface area (Å²) in [7, 11) is 0. The highest BCUT2D eigenvalue weighted by molar-refractivity contribution is 6.36. The zero-order valence-electron chi connectivity index (χ0n) is 10.3. The summed E-state index contributed by atoms with van der Waals surface area (Å²) >= 11 is 11.9. The number of amides is 1. The number of rotatable bonds is 3. The topological polar surface area (TPSA) is 49.4 Å². The van der Waals surface area contributed by atoms with Crippen molar-refractivity contribution in [3.8, 4) is 0 Å². The summed E-state index contributed by atoms with van der Waals surface area (Å²) in [6.45, 7) is 1.78. The third-order valence-corrected chi connectivity index (χ3v) is 3.50. The summed E-state index contributed by atoms with van der Waals surface area (Å²) in [6, 6.07) is 4.80. The number of hydrogen-bond donors (Lipinski definition) is 1. The van der Waals surface area contributed by atoms with Crippen molar-refractivity contribution >= 4 is 34.9 Å². The Morgan fingerprint density at radius 3 is 2.95 bits per heavy atom. The third kappa shape index (κ3) is 3.93. The first-order valence-electron chi connectivity index (χ1n) is 6.03. The van der Waals surface area contributed by atoms with Gasteiger partial charge in [0, 0.05) is 23.7 Å². The van der Waals surface area contributed by atoms with E-state index in [9.17, 15) is 9.59 Å². The van der Waals surface area contributed by atoms with Crippen molar-refractivity contribution in [3.05, 3.63) is 33.8 Å². The number of halogens is 2.